The second kappa shape index (κ2) is 5.43. The van der Waals surface area contributed by atoms with Crippen molar-refractivity contribution in [3.8, 4) is 12.3 Å². The Kier molecular flexibility index (Phi) is 3.46. The highest BCUT2D eigenvalue weighted by molar-refractivity contribution is 5.34. The average molecular weight is 280 g/mol. The molecule has 3 N–H and O–H groups in total. The Morgan fingerprint density at radius 2 is 2.14 bits per heavy atom. The average Bonchev–Trinajstić information content (AvgIpc) is 2.48. The zero-order valence-corrected chi connectivity index (χ0v) is 11.6. The van der Waals surface area contributed by atoms with E-state index in [1.54, 1.807) is 0 Å². The molecule has 0 atom stereocenters. The van der Waals surface area contributed by atoms with Crippen molar-refractivity contribution in [1.82, 2.24) is 14.9 Å². The van der Waals surface area contributed by atoms with Crippen molar-refractivity contribution in [1.29, 1.82) is 0 Å². The van der Waals surface area contributed by atoms with Crippen LogP contribution in [0.2, 0.25) is 0 Å². The van der Waals surface area contributed by atoms with Crippen molar-refractivity contribution >= 4 is 5.95 Å². The molecular formula is C16H16N4O. The summed E-state index contributed by atoms with van der Waals surface area (Å²) in [4.78, 5) is 20.9. The summed E-state index contributed by atoms with van der Waals surface area (Å²) in [5.41, 5.74) is 9.02. The van der Waals surface area contributed by atoms with Crippen molar-refractivity contribution in [3.63, 3.8) is 0 Å². The lowest BCUT2D eigenvalue weighted by molar-refractivity contribution is 0.242. The molecule has 2 heterocycles. The van der Waals surface area contributed by atoms with Crippen LogP contribution in [0.15, 0.2) is 29.1 Å². The molecule has 106 valence electrons. The number of terminal acetylenes is 1. The normalized spacial score (nSPS) is 14.4. The van der Waals surface area contributed by atoms with Crippen molar-refractivity contribution in [2.45, 2.75) is 19.5 Å². The Morgan fingerprint density at radius 1 is 1.38 bits per heavy atom. The maximum Gasteiger partial charge on any atom is 0.257 e. The van der Waals surface area contributed by atoms with E-state index in [2.05, 4.69) is 20.8 Å². The van der Waals surface area contributed by atoms with Crippen LogP contribution in [0.4, 0.5) is 5.95 Å². The van der Waals surface area contributed by atoms with Gasteiger partial charge in [-0.2, -0.15) is 0 Å². The minimum absolute atomic E-state index is 0.134. The summed E-state index contributed by atoms with van der Waals surface area (Å²) in [5, 5.41) is 0. The number of nitrogens with zero attached hydrogens (tertiary/aromatic N) is 2. The summed E-state index contributed by atoms with van der Waals surface area (Å²) in [6, 6.07) is 7.91. The van der Waals surface area contributed by atoms with Crippen molar-refractivity contribution in [2.24, 2.45) is 0 Å². The standard InChI is InChI=1S/C16H16N4O/c1-2-11-3-5-12(6-4-11)9-20-8-7-14-13(10-20)15(21)19-16(17)18-14/h1,3-6H,7-10H2,(H3,17,18,19,21). The third kappa shape index (κ3) is 2.81. The van der Waals surface area contributed by atoms with Gasteiger partial charge in [-0.15, -0.1) is 6.42 Å². The monoisotopic (exact) mass is 280 g/mol. The Bertz CT molecular complexity index is 755. The van der Waals surface area contributed by atoms with E-state index < -0.39 is 0 Å². The number of benzene rings is 1. The molecule has 0 amide bonds. The maximum absolute atomic E-state index is 11.9. The molecule has 21 heavy (non-hydrogen) atoms. The molecule has 3 rings (SSSR count). The second-order valence-corrected chi connectivity index (χ2v) is 5.18. The number of nitrogens with two attached hydrogens (primary N) is 1. The molecule has 2 aromatic rings. The highest BCUT2D eigenvalue weighted by Gasteiger charge is 2.20. The molecule has 0 saturated carbocycles. The number of nitrogens with one attached hydrogen (secondary N) is 1. The molecule has 1 aromatic carbocycles. The van der Waals surface area contributed by atoms with Gasteiger partial charge in [0.1, 0.15) is 0 Å². The molecule has 1 aliphatic rings. The fourth-order valence-corrected chi connectivity index (χ4v) is 2.60. The third-order valence-electron chi connectivity index (χ3n) is 3.69. The predicted molar refractivity (Wildman–Crippen MR) is 81.5 cm³/mol. The molecular weight excluding hydrogens is 264 g/mol. The molecule has 5 heteroatoms. The summed E-state index contributed by atoms with van der Waals surface area (Å²) in [6.45, 7) is 2.24. The second-order valence-electron chi connectivity index (χ2n) is 5.18. The van der Waals surface area contributed by atoms with Gasteiger partial charge in [-0.25, -0.2) is 4.98 Å². The van der Waals surface area contributed by atoms with Gasteiger partial charge in [0, 0.05) is 31.6 Å². The van der Waals surface area contributed by atoms with Crippen LogP contribution in [0, 0.1) is 12.3 Å². The van der Waals surface area contributed by atoms with Gasteiger partial charge in [-0.3, -0.25) is 14.7 Å². The van der Waals surface area contributed by atoms with E-state index >= 15 is 0 Å². The number of H-pyrrole nitrogens is 1. The number of aromatic amines is 1. The van der Waals surface area contributed by atoms with Crippen LogP contribution in [0.3, 0.4) is 0 Å². The van der Waals surface area contributed by atoms with Crippen LogP contribution in [0.1, 0.15) is 22.4 Å². The number of fused-ring (bicyclic) bond motifs is 1. The lowest BCUT2D eigenvalue weighted by Gasteiger charge is -2.27. The van der Waals surface area contributed by atoms with Gasteiger partial charge in [0.25, 0.3) is 5.56 Å². The number of rotatable bonds is 2. The number of hydrogen-bond acceptors (Lipinski definition) is 4. The summed E-state index contributed by atoms with van der Waals surface area (Å²) in [5.74, 6) is 2.80. The number of aromatic nitrogens is 2. The highest BCUT2D eigenvalue weighted by Crippen LogP contribution is 2.17. The topological polar surface area (TPSA) is 75.0 Å². The molecule has 0 unspecified atom stereocenters. The maximum atomic E-state index is 11.9. The first-order valence-corrected chi connectivity index (χ1v) is 6.81. The fraction of sp³-hybridized carbons (Fsp3) is 0.250. The van der Waals surface area contributed by atoms with Crippen molar-refractivity contribution < 1.29 is 0 Å². The SMILES string of the molecule is C#Cc1ccc(CN2CCc3nc(N)[nH]c(=O)c3C2)cc1. The fourth-order valence-electron chi connectivity index (χ4n) is 2.60. The van der Waals surface area contributed by atoms with E-state index in [1.165, 1.54) is 5.56 Å². The summed E-state index contributed by atoms with van der Waals surface area (Å²) >= 11 is 0. The molecule has 1 aliphatic heterocycles. The van der Waals surface area contributed by atoms with E-state index in [9.17, 15) is 4.79 Å². The largest absolute Gasteiger partial charge is 0.369 e. The number of anilines is 1. The molecule has 5 nitrogen and oxygen atoms in total. The molecule has 0 radical (unpaired) electrons. The van der Waals surface area contributed by atoms with Gasteiger partial charge in [0.2, 0.25) is 5.95 Å². The molecule has 0 aliphatic carbocycles. The van der Waals surface area contributed by atoms with Crippen LogP contribution in [-0.4, -0.2) is 21.4 Å². The molecule has 0 fully saturated rings. The number of nitrogen functional groups attached to an aromatic ring is 1. The summed E-state index contributed by atoms with van der Waals surface area (Å²) in [6.07, 6.45) is 6.09. The highest BCUT2D eigenvalue weighted by atomic mass is 16.1. The smallest absolute Gasteiger partial charge is 0.257 e. The zero-order valence-electron chi connectivity index (χ0n) is 11.6. The minimum Gasteiger partial charge on any atom is -0.369 e. The van der Waals surface area contributed by atoms with Crippen LogP contribution >= 0.6 is 0 Å². The van der Waals surface area contributed by atoms with Gasteiger partial charge >= 0.3 is 0 Å². The summed E-state index contributed by atoms with van der Waals surface area (Å²) in [7, 11) is 0. The Labute approximate surface area is 122 Å². The third-order valence-corrected chi connectivity index (χ3v) is 3.69. The van der Waals surface area contributed by atoms with Gasteiger partial charge in [0.15, 0.2) is 0 Å². The first-order valence-electron chi connectivity index (χ1n) is 6.81. The molecule has 0 spiro atoms. The predicted octanol–water partition coefficient (Wildman–Crippen LogP) is 0.892. The Hall–Kier alpha value is -2.58. The van der Waals surface area contributed by atoms with E-state index in [0.29, 0.717) is 6.54 Å². The number of hydrogen-bond donors (Lipinski definition) is 2. The molecule has 1 aromatic heterocycles. The van der Waals surface area contributed by atoms with Gasteiger partial charge < -0.3 is 5.73 Å². The van der Waals surface area contributed by atoms with Gasteiger partial charge in [-0.1, -0.05) is 18.1 Å². The minimum atomic E-state index is -0.134. The van der Waals surface area contributed by atoms with E-state index in [4.69, 9.17) is 12.2 Å². The van der Waals surface area contributed by atoms with Crippen LogP contribution < -0.4 is 11.3 Å². The first-order chi connectivity index (χ1) is 10.2. The van der Waals surface area contributed by atoms with Crippen LogP contribution in [-0.2, 0) is 19.5 Å². The van der Waals surface area contributed by atoms with Crippen molar-refractivity contribution in [2.75, 3.05) is 12.3 Å². The van der Waals surface area contributed by atoms with E-state index in [1.807, 2.05) is 24.3 Å². The van der Waals surface area contributed by atoms with Crippen molar-refractivity contribution in [3.05, 3.63) is 57.0 Å². The van der Waals surface area contributed by atoms with Gasteiger partial charge in [-0.05, 0) is 17.7 Å². The van der Waals surface area contributed by atoms with Crippen LogP contribution in [0.25, 0.3) is 0 Å². The quantitative estimate of drug-likeness (QED) is 0.801. The lowest BCUT2D eigenvalue weighted by atomic mass is 10.1. The molecule has 0 bridgehead atoms. The van der Waals surface area contributed by atoms with E-state index in [0.717, 1.165) is 36.3 Å². The lowest BCUT2D eigenvalue weighted by Crippen LogP contribution is -2.35. The van der Waals surface area contributed by atoms with E-state index in [-0.39, 0.29) is 11.5 Å². The zero-order chi connectivity index (χ0) is 14.8. The Balaban J connectivity index is 1.77. The summed E-state index contributed by atoms with van der Waals surface area (Å²) < 4.78 is 0. The Morgan fingerprint density at radius 3 is 2.86 bits per heavy atom. The first kappa shape index (κ1) is 13.4. The van der Waals surface area contributed by atoms with Gasteiger partial charge in [0.05, 0.1) is 11.3 Å². The molecule has 0 saturated heterocycles. The van der Waals surface area contributed by atoms with Crippen LogP contribution in [0.5, 0.6) is 0 Å².